The van der Waals surface area contributed by atoms with Gasteiger partial charge in [0.15, 0.2) is 0 Å². The summed E-state index contributed by atoms with van der Waals surface area (Å²) in [6, 6.07) is 0. The van der Waals surface area contributed by atoms with Crippen molar-refractivity contribution in [1.82, 2.24) is 0 Å². The highest BCUT2D eigenvalue weighted by atomic mass is 16.4. The minimum absolute atomic E-state index is 0.118. The van der Waals surface area contributed by atoms with Crippen LogP contribution in [0.15, 0.2) is 0 Å². The molecule has 0 heterocycles. The number of unbranched alkanes of at least 4 members (excludes halogenated alkanes) is 27. The smallest absolute Gasteiger partial charge is 0.306 e. The lowest BCUT2D eigenvalue weighted by Gasteiger charge is -2.12. The van der Waals surface area contributed by atoms with Gasteiger partial charge < -0.3 is 10.8 Å². The molecule has 0 bridgehead atoms. The van der Waals surface area contributed by atoms with E-state index in [-0.39, 0.29) is 11.8 Å². The molecule has 238 valence electrons. The minimum atomic E-state index is -0.572. The van der Waals surface area contributed by atoms with E-state index in [0.717, 1.165) is 38.5 Å². The van der Waals surface area contributed by atoms with Crippen LogP contribution in [-0.2, 0) is 9.59 Å². The zero-order valence-electron chi connectivity index (χ0n) is 27.0. The van der Waals surface area contributed by atoms with Crippen LogP contribution in [0.2, 0.25) is 0 Å². The van der Waals surface area contributed by atoms with Gasteiger partial charge in [-0.05, 0) is 19.3 Å². The van der Waals surface area contributed by atoms with Crippen molar-refractivity contribution in [2.75, 3.05) is 0 Å². The van der Waals surface area contributed by atoms with Gasteiger partial charge in [0.1, 0.15) is 0 Å². The number of carbonyl (C=O) groups excluding carboxylic acids is 1. The second-order valence-electron chi connectivity index (χ2n) is 12.7. The van der Waals surface area contributed by atoms with E-state index in [0.29, 0.717) is 6.42 Å². The Labute approximate surface area is 250 Å². The molecule has 0 rings (SSSR count). The molecule has 3 N–H and O–H groups in total. The van der Waals surface area contributed by atoms with Gasteiger partial charge in [0.2, 0.25) is 5.91 Å². The molecule has 1 unspecified atom stereocenters. The first-order valence-corrected chi connectivity index (χ1v) is 18.1. The Kier molecular flexibility index (Phi) is 31.6. The zero-order valence-corrected chi connectivity index (χ0v) is 27.0. The van der Waals surface area contributed by atoms with Crippen LogP contribution in [0.25, 0.3) is 0 Å². The number of carboxylic acids is 1. The quantitative estimate of drug-likeness (QED) is 0.0761. The molecule has 0 spiro atoms. The highest BCUT2D eigenvalue weighted by Crippen LogP contribution is 2.20. The molecule has 1 atom stereocenters. The summed E-state index contributed by atoms with van der Waals surface area (Å²) >= 11 is 0. The van der Waals surface area contributed by atoms with E-state index in [9.17, 15) is 14.7 Å². The van der Waals surface area contributed by atoms with E-state index >= 15 is 0 Å². The number of rotatable bonds is 34. The van der Waals surface area contributed by atoms with Crippen molar-refractivity contribution in [1.29, 1.82) is 0 Å². The number of carbonyl (C=O) groups is 2. The van der Waals surface area contributed by atoms with Crippen molar-refractivity contribution in [2.24, 2.45) is 11.7 Å². The number of hydrogen-bond donors (Lipinski definition) is 2. The molecule has 0 aliphatic carbocycles. The molecule has 1 amide bonds. The van der Waals surface area contributed by atoms with E-state index < -0.39 is 5.97 Å². The lowest BCUT2D eigenvalue weighted by Crippen LogP contribution is -2.13. The monoisotopic (exact) mass is 566 g/mol. The second-order valence-corrected chi connectivity index (χ2v) is 12.7. The highest BCUT2D eigenvalue weighted by Gasteiger charge is 2.16. The van der Waals surface area contributed by atoms with E-state index in [1.165, 1.54) is 161 Å². The number of carboxylic acid groups (broad SMARTS) is 1. The fraction of sp³-hybridized carbons (Fsp3) is 0.944. The van der Waals surface area contributed by atoms with Crippen molar-refractivity contribution in [3.8, 4) is 0 Å². The van der Waals surface area contributed by atoms with Gasteiger partial charge in [0, 0.05) is 6.42 Å². The fourth-order valence-corrected chi connectivity index (χ4v) is 5.96. The Bertz CT molecular complexity index is 536. The molecule has 0 aromatic carbocycles. The number of hydrogen-bond acceptors (Lipinski definition) is 2. The molecular weight excluding hydrogens is 494 g/mol. The van der Waals surface area contributed by atoms with E-state index in [1.54, 1.807) is 0 Å². The molecule has 40 heavy (non-hydrogen) atoms. The van der Waals surface area contributed by atoms with E-state index in [1.807, 2.05) is 0 Å². The standard InChI is InChI=1S/C36H71NO3/c1-2-3-4-5-6-7-8-9-13-16-19-22-25-28-31-34(36(39)40)32-29-26-23-20-17-14-11-10-12-15-18-21-24-27-30-33-35(37)38/h34H,2-33H2,1H3,(H2,37,38)(H,39,40). The summed E-state index contributed by atoms with van der Waals surface area (Å²) in [7, 11) is 0. The predicted molar refractivity (Wildman–Crippen MR) is 174 cm³/mol. The summed E-state index contributed by atoms with van der Waals surface area (Å²) in [5.74, 6) is -0.859. The first-order valence-electron chi connectivity index (χ1n) is 18.1. The Morgan fingerprint density at radius 2 is 0.700 bits per heavy atom. The summed E-state index contributed by atoms with van der Waals surface area (Å²) in [5.41, 5.74) is 5.16. The topological polar surface area (TPSA) is 80.4 Å². The molecule has 0 saturated heterocycles. The van der Waals surface area contributed by atoms with Gasteiger partial charge in [0.25, 0.3) is 0 Å². The Morgan fingerprint density at radius 1 is 0.450 bits per heavy atom. The van der Waals surface area contributed by atoms with E-state index in [2.05, 4.69) is 6.92 Å². The van der Waals surface area contributed by atoms with Crippen LogP contribution < -0.4 is 5.73 Å². The Hall–Kier alpha value is -1.06. The third-order valence-electron chi connectivity index (χ3n) is 8.73. The lowest BCUT2D eigenvalue weighted by atomic mass is 9.94. The van der Waals surface area contributed by atoms with Crippen LogP contribution >= 0.6 is 0 Å². The Morgan fingerprint density at radius 3 is 0.950 bits per heavy atom. The van der Waals surface area contributed by atoms with Gasteiger partial charge >= 0.3 is 5.97 Å². The van der Waals surface area contributed by atoms with Crippen molar-refractivity contribution in [3.63, 3.8) is 0 Å². The van der Waals surface area contributed by atoms with Gasteiger partial charge in [0.05, 0.1) is 5.92 Å². The average molecular weight is 566 g/mol. The van der Waals surface area contributed by atoms with Gasteiger partial charge in [-0.15, -0.1) is 0 Å². The SMILES string of the molecule is CCCCCCCCCCCCCCCCC(CCCCCCCCCCCCCCCCCC(N)=O)C(=O)O. The summed E-state index contributed by atoms with van der Waals surface area (Å²) < 4.78 is 0. The summed E-state index contributed by atoms with van der Waals surface area (Å²) in [4.78, 5) is 22.4. The number of nitrogens with two attached hydrogens (primary N) is 1. The Balaban J connectivity index is 3.38. The van der Waals surface area contributed by atoms with E-state index in [4.69, 9.17) is 5.73 Å². The molecule has 0 saturated carbocycles. The molecule has 0 aromatic rings. The van der Waals surface area contributed by atoms with Gasteiger partial charge in [-0.1, -0.05) is 187 Å². The van der Waals surface area contributed by atoms with Crippen LogP contribution in [0.4, 0.5) is 0 Å². The third kappa shape index (κ3) is 31.5. The minimum Gasteiger partial charge on any atom is -0.481 e. The van der Waals surface area contributed by atoms with Gasteiger partial charge in [-0.3, -0.25) is 9.59 Å². The summed E-state index contributed by atoms with van der Waals surface area (Å²) in [6.07, 6.45) is 40.1. The van der Waals surface area contributed by atoms with Crippen LogP contribution in [0.5, 0.6) is 0 Å². The molecule has 0 radical (unpaired) electrons. The third-order valence-corrected chi connectivity index (χ3v) is 8.73. The molecular formula is C36H71NO3. The summed E-state index contributed by atoms with van der Waals surface area (Å²) in [5, 5.41) is 9.61. The number of primary amides is 1. The van der Waals surface area contributed by atoms with Crippen LogP contribution in [0.3, 0.4) is 0 Å². The fourth-order valence-electron chi connectivity index (χ4n) is 5.96. The van der Waals surface area contributed by atoms with Crippen molar-refractivity contribution in [2.45, 2.75) is 212 Å². The van der Waals surface area contributed by atoms with Crippen molar-refractivity contribution < 1.29 is 14.7 Å². The molecule has 4 heteroatoms. The molecule has 0 aromatic heterocycles. The lowest BCUT2D eigenvalue weighted by molar-refractivity contribution is -0.142. The first kappa shape index (κ1) is 38.9. The van der Waals surface area contributed by atoms with Crippen LogP contribution in [-0.4, -0.2) is 17.0 Å². The maximum atomic E-state index is 11.7. The second kappa shape index (κ2) is 32.5. The number of amides is 1. The average Bonchev–Trinajstić information content (AvgIpc) is 2.93. The van der Waals surface area contributed by atoms with Crippen LogP contribution in [0, 0.1) is 5.92 Å². The highest BCUT2D eigenvalue weighted by molar-refractivity contribution is 5.73. The largest absolute Gasteiger partial charge is 0.481 e. The van der Waals surface area contributed by atoms with Gasteiger partial charge in [-0.25, -0.2) is 0 Å². The van der Waals surface area contributed by atoms with Crippen LogP contribution in [0.1, 0.15) is 212 Å². The number of aliphatic carboxylic acids is 1. The van der Waals surface area contributed by atoms with Crippen molar-refractivity contribution >= 4 is 11.9 Å². The maximum Gasteiger partial charge on any atom is 0.306 e. The summed E-state index contributed by atoms with van der Waals surface area (Å²) in [6.45, 7) is 2.28. The zero-order chi connectivity index (χ0) is 29.4. The predicted octanol–water partition coefficient (Wildman–Crippen LogP) is 11.7. The molecule has 0 aliphatic rings. The first-order chi connectivity index (χ1) is 19.6. The molecule has 0 aliphatic heterocycles. The maximum absolute atomic E-state index is 11.7. The van der Waals surface area contributed by atoms with Crippen molar-refractivity contribution in [3.05, 3.63) is 0 Å². The molecule has 0 fully saturated rings. The van der Waals surface area contributed by atoms with Gasteiger partial charge in [-0.2, -0.15) is 0 Å². The normalized spacial score (nSPS) is 12.1. The molecule has 4 nitrogen and oxygen atoms in total.